The van der Waals surface area contributed by atoms with Gasteiger partial charge in [-0.25, -0.2) is 0 Å². The minimum atomic E-state index is 0.0240. The third-order valence-corrected chi connectivity index (χ3v) is 3.53. The molecule has 0 amide bonds. The van der Waals surface area contributed by atoms with E-state index in [0.29, 0.717) is 0 Å². The monoisotopic (exact) mass is 253 g/mol. The van der Waals surface area contributed by atoms with E-state index in [1.165, 1.54) is 4.88 Å². The highest BCUT2D eigenvalue weighted by Gasteiger charge is 2.12. The van der Waals surface area contributed by atoms with Crippen molar-refractivity contribution in [1.29, 1.82) is 0 Å². The SMILES string of the molecule is NNC(Cc1ccc(Cl)s1)c1ccccn1. The van der Waals surface area contributed by atoms with Crippen LogP contribution in [0.15, 0.2) is 36.5 Å². The van der Waals surface area contributed by atoms with E-state index >= 15 is 0 Å². The van der Waals surface area contributed by atoms with Gasteiger partial charge in [0.25, 0.3) is 0 Å². The molecule has 0 fully saturated rings. The summed E-state index contributed by atoms with van der Waals surface area (Å²) in [5.41, 5.74) is 3.72. The van der Waals surface area contributed by atoms with Crippen molar-refractivity contribution >= 4 is 22.9 Å². The first-order valence-corrected chi connectivity index (χ1v) is 6.10. The fraction of sp³-hybridized carbons (Fsp3) is 0.182. The van der Waals surface area contributed by atoms with Crippen molar-refractivity contribution < 1.29 is 0 Å². The minimum Gasteiger partial charge on any atom is -0.271 e. The number of pyridine rings is 1. The van der Waals surface area contributed by atoms with E-state index in [1.807, 2.05) is 30.3 Å². The number of nitrogens with two attached hydrogens (primary N) is 1. The predicted octanol–water partition coefficient (Wildman–Crippen LogP) is 2.54. The van der Waals surface area contributed by atoms with Gasteiger partial charge < -0.3 is 0 Å². The number of nitrogens with one attached hydrogen (secondary N) is 1. The molecule has 2 rings (SSSR count). The summed E-state index contributed by atoms with van der Waals surface area (Å²) in [6.07, 6.45) is 2.56. The maximum atomic E-state index is 5.88. The molecule has 2 heterocycles. The Bertz CT molecular complexity index is 444. The molecular formula is C11H12ClN3S. The van der Waals surface area contributed by atoms with Crippen LogP contribution in [0.4, 0.5) is 0 Å². The normalized spacial score (nSPS) is 12.6. The van der Waals surface area contributed by atoms with Crippen LogP contribution in [-0.2, 0) is 6.42 Å². The Balaban J connectivity index is 2.12. The third kappa shape index (κ3) is 2.80. The highest BCUT2D eigenvalue weighted by molar-refractivity contribution is 7.16. The summed E-state index contributed by atoms with van der Waals surface area (Å²) >= 11 is 7.45. The van der Waals surface area contributed by atoms with E-state index in [4.69, 9.17) is 17.4 Å². The number of thiophene rings is 1. The van der Waals surface area contributed by atoms with Gasteiger partial charge in [-0.1, -0.05) is 17.7 Å². The largest absolute Gasteiger partial charge is 0.271 e. The number of halogens is 1. The topological polar surface area (TPSA) is 50.9 Å². The molecule has 1 unspecified atom stereocenters. The standard InChI is InChI=1S/C11H12ClN3S/c12-11-5-4-8(16-11)7-10(15-13)9-3-1-2-6-14-9/h1-6,10,15H,7,13H2. The van der Waals surface area contributed by atoms with Gasteiger partial charge in [-0.2, -0.15) is 0 Å². The first-order chi connectivity index (χ1) is 7.79. The van der Waals surface area contributed by atoms with Crippen LogP contribution in [0.5, 0.6) is 0 Å². The first kappa shape index (κ1) is 11.5. The highest BCUT2D eigenvalue weighted by Crippen LogP contribution is 2.25. The highest BCUT2D eigenvalue weighted by atomic mass is 35.5. The smallest absolute Gasteiger partial charge is 0.0931 e. The van der Waals surface area contributed by atoms with Crippen LogP contribution in [0, 0.1) is 0 Å². The Morgan fingerprint density at radius 3 is 2.81 bits per heavy atom. The van der Waals surface area contributed by atoms with Crippen molar-refractivity contribution in [2.24, 2.45) is 5.84 Å². The number of hydrogen-bond donors (Lipinski definition) is 2. The van der Waals surface area contributed by atoms with Gasteiger partial charge in [-0.05, 0) is 24.3 Å². The van der Waals surface area contributed by atoms with E-state index in [2.05, 4.69) is 10.4 Å². The molecule has 1 atom stereocenters. The van der Waals surface area contributed by atoms with E-state index in [0.717, 1.165) is 16.5 Å². The summed E-state index contributed by atoms with van der Waals surface area (Å²) in [6, 6.07) is 9.73. The number of hydrogen-bond acceptors (Lipinski definition) is 4. The Kier molecular flexibility index (Phi) is 3.90. The Hall–Kier alpha value is -0.940. The van der Waals surface area contributed by atoms with Gasteiger partial charge in [0.2, 0.25) is 0 Å². The maximum Gasteiger partial charge on any atom is 0.0931 e. The molecule has 0 aromatic carbocycles. The van der Waals surface area contributed by atoms with Crippen LogP contribution in [0.2, 0.25) is 4.34 Å². The molecule has 0 aliphatic heterocycles. The third-order valence-electron chi connectivity index (χ3n) is 2.28. The summed E-state index contributed by atoms with van der Waals surface area (Å²) in [5, 5.41) is 0. The average Bonchev–Trinajstić information content (AvgIpc) is 2.73. The van der Waals surface area contributed by atoms with Crippen LogP contribution >= 0.6 is 22.9 Å². The molecule has 0 radical (unpaired) electrons. The van der Waals surface area contributed by atoms with E-state index in [1.54, 1.807) is 17.5 Å². The number of nitrogens with zero attached hydrogens (tertiary/aromatic N) is 1. The van der Waals surface area contributed by atoms with E-state index in [9.17, 15) is 0 Å². The van der Waals surface area contributed by atoms with Crippen molar-refractivity contribution in [3.05, 3.63) is 51.4 Å². The van der Waals surface area contributed by atoms with Gasteiger partial charge in [-0.15, -0.1) is 11.3 Å². The zero-order valence-electron chi connectivity index (χ0n) is 8.56. The van der Waals surface area contributed by atoms with Crippen molar-refractivity contribution in [1.82, 2.24) is 10.4 Å². The van der Waals surface area contributed by atoms with Crippen LogP contribution in [0.3, 0.4) is 0 Å². The summed E-state index contributed by atoms with van der Waals surface area (Å²) in [5.74, 6) is 5.54. The molecule has 84 valence electrons. The molecular weight excluding hydrogens is 242 g/mol. The number of hydrazine groups is 1. The summed E-state index contributed by atoms with van der Waals surface area (Å²) in [4.78, 5) is 5.48. The molecule has 16 heavy (non-hydrogen) atoms. The van der Waals surface area contributed by atoms with E-state index in [-0.39, 0.29) is 6.04 Å². The van der Waals surface area contributed by atoms with Gasteiger partial charge in [-0.3, -0.25) is 16.3 Å². The van der Waals surface area contributed by atoms with Crippen molar-refractivity contribution in [3.8, 4) is 0 Å². The van der Waals surface area contributed by atoms with Gasteiger partial charge >= 0.3 is 0 Å². The second-order valence-electron chi connectivity index (χ2n) is 3.38. The lowest BCUT2D eigenvalue weighted by molar-refractivity contribution is 0.542. The van der Waals surface area contributed by atoms with Crippen LogP contribution in [0.1, 0.15) is 16.6 Å². The van der Waals surface area contributed by atoms with Crippen molar-refractivity contribution in [2.75, 3.05) is 0 Å². The zero-order chi connectivity index (χ0) is 11.4. The number of aromatic nitrogens is 1. The van der Waals surface area contributed by atoms with Crippen LogP contribution < -0.4 is 11.3 Å². The van der Waals surface area contributed by atoms with Crippen molar-refractivity contribution in [2.45, 2.75) is 12.5 Å². The minimum absolute atomic E-state index is 0.0240. The molecule has 0 saturated carbocycles. The fourth-order valence-corrected chi connectivity index (χ4v) is 2.63. The van der Waals surface area contributed by atoms with Crippen LogP contribution in [0.25, 0.3) is 0 Å². The second kappa shape index (κ2) is 5.41. The molecule has 2 aromatic heterocycles. The number of rotatable bonds is 4. The average molecular weight is 254 g/mol. The van der Waals surface area contributed by atoms with Crippen molar-refractivity contribution in [3.63, 3.8) is 0 Å². The predicted molar refractivity (Wildman–Crippen MR) is 67.3 cm³/mol. The molecule has 5 heteroatoms. The molecule has 0 aliphatic carbocycles. The first-order valence-electron chi connectivity index (χ1n) is 4.91. The molecule has 0 bridgehead atoms. The Morgan fingerprint density at radius 1 is 1.38 bits per heavy atom. The van der Waals surface area contributed by atoms with Gasteiger partial charge in [0, 0.05) is 17.5 Å². The summed E-state index contributed by atoms with van der Waals surface area (Å²) in [6.45, 7) is 0. The van der Waals surface area contributed by atoms with Gasteiger partial charge in [0.15, 0.2) is 0 Å². The molecule has 3 N–H and O–H groups in total. The second-order valence-corrected chi connectivity index (χ2v) is 5.18. The molecule has 0 spiro atoms. The fourth-order valence-electron chi connectivity index (χ4n) is 1.49. The summed E-state index contributed by atoms with van der Waals surface area (Å²) < 4.78 is 0.798. The zero-order valence-corrected chi connectivity index (χ0v) is 10.1. The lowest BCUT2D eigenvalue weighted by Crippen LogP contribution is -2.29. The van der Waals surface area contributed by atoms with Gasteiger partial charge in [0.1, 0.15) is 0 Å². The lowest BCUT2D eigenvalue weighted by Gasteiger charge is -2.13. The quantitative estimate of drug-likeness (QED) is 0.650. The Morgan fingerprint density at radius 2 is 2.25 bits per heavy atom. The maximum absolute atomic E-state index is 5.88. The molecule has 0 saturated heterocycles. The molecule has 3 nitrogen and oxygen atoms in total. The summed E-state index contributed by atoms with van der Waals surface area (Å²) in [7, 11) is 0. The Labute approximate surface area is 103 Å². The van der Waals surface area contributed by atoms with Gasteiger partial charge in [0.05, 0.1) is 16.1 Å². The lowest BCUT2D eigenvalue weighted by atomic mass is 10.1. The molecule has 0 aliphatic rings. The molecule has 2 aromatic rings. The van der Waals surface area contributed by atoms with Crippen LogP contribution in [-0.4, -0.2) is 4.98 Å². The van der Waals surface area contributed by atoms with E-state index < -0.39 is 0 Å².